The van der Waals surface area contributed by atoms with Crippen LogP contribution in [0.2, 0.25) is 0 Å². The summed E-state index contributed by atoms with van der Waals surface area (Å²) in [6, 6.07) is 20.1. The number of rotatable bonds is 6. The second kappa shape index (κ2) is 14.8. The predicted octanol–water partition coefficient (Wildman–Crippen LogP) is 10.9. The number of carbonyl (C=O) groups is 2. The summed E-state index contributed by atoms with van der Waals surface area (Å²) in [5.74, 6) is -1.10. The third-order valence-electron chi connectivity index (χ3n) is 8.92. The molecule has 0 aromatic heterocycles. The average molecular weight is 771 g/mol. The van der Waals surface area contributed by atoms with Gasteiger partial charge in [0.15, 0.2) is 0 Å². The monoisotopic (exact) mass is 770 g/mol. The molecule has 11 heteroatoms. The number of aldehydes is 2. The van der Waals surface area contributed by atoms with E-state index in [1.165, 1.54) is 0 Å². The van der Waals surface area contributed by atoms with Gasteiger partial charge in [-0.2, -0.15) is 26.3 Å². The van der Waals surface area contributed by atoms with Crippen LogP contribution in [0.1, 0.15) is 72.1 Å². The van der Waals surface area contributed by atoms with E-state index in [0.717, 1.165) is 37.7 Å². The molecule has 0 heterocycles. The molecule has 2 aliphatic carbocycles. The molecule has 2 fully saturated rings. The summed E-state index contributed by atoms with van der Waals surface area (Å²) in [6.45, 7) is 0. The molecule has 47 heavy (non-hydrogen) atoms. The van der Waals surface area contributed by atoms with Crippen molar-refractivity contribution in [3.63, 3.8) is 0 Å². The number of benzene rings is 4. The minimum Gasteiger partial charge on any atom is -0.490 e. The van der Waals surface area contributed by atoms with Crippen molar-refractivity contribution in [2.24, 2.45) is 11.8 Å². The van der Waals surface area contributed by atoms with Gasteiger partial charge in [0.2, 0.25) is 0 Å². The number of halogens is 7. The van der Waals surface area contributed by atoms with Crippen molar-refractivity contribution in [2.75, 3.05) is 0 Å². The molecular formula is C36H33F6IO4. The van der Waals surface area contributed by atoms with Gasteiger partial charge in [0.1, 0.15) is 24.1 Å². The Hall–Kier alpha value is -3.35. The molecule has 2 aliphatic rings. The Bertz CT molecular complexity index is 1700. The molecule has 0 N–H and O–H groups in total. The first-order chi connectivity index (χ1) is 22.3. The first-order valence-corrected chi connectivity index (χ1v) is 16.5. The van der Waals surface area contributed by atoms with E-state index < -0.39 is 24.2 Å². The molecule has 4 aromatic rings. The van der Waals surface area contributed by atoms with E-state index in [1.54, 1.807) is 24.3 Å². The molecule has 0 bridgehead atoms. The van der Waals surface area contributed by atoms with Crippen molar-refractivity contribution in [1.82, 2.24) is 0 Å². The van der Waals surface area contributed by atoms with E-state index in [1.807, 2.05) is 42.5 Å². The highest BCUT2D eigenvalue weighted by Crippen LogP contribution is 2.40. The second-order valence-corrected chi connectivity index (χ2v) is 13.2. The molecule has 0 unspecified atom stereocenters. The largest absolute Gasteiger partial charge is 0.490 e. The van der Waals surface area contributed by atoms with Gasteiger partial charge >= 0.3 is 12.4 Å². The number of carbonyl (C=O) groups excluding carboxylic acids is 2. The van der Waals surface area contributed by atoms with E-state index in [2.05, 4.69) is 22.6 Å². The van der Waals surface area contributed by atoms with Crippen LogP contribution in [0, 0.1) is 15.4 Å². The highest BCUT2D eigenvalue weighted by molar-refractivity contribution is 14.1. The van der Waals surface area contributed by atoms with Crippen molar-refractivity contribution in [2.45, 2.75) is 75.9 Å². The lowest BCUT2D eigenvalue weighted by Crippen LogP contribution is -2.32. The molecule has 4 aromatic carbocycles. The Labute approximate surface area is 281 Å². The normalized spacial score (nSPS) is 21.9. The van der Waals surface area contributed by atoms with Gasteiger partial charge in [-0.05, 0) is 126 Å². The van der Waals surface area contributed by atoms with Crippen molar-refractivity contribution in [1.29, 1.82) is 0 Å². The number of hydrogen-bond acceptors (Lipinski definition) is 4. The summed E-state index contributed by atoms with van der Waals surface area (Å²) in [6.07, 6.45) is -4.87. The van der Waals surface area contributed by atoms with Crippen LogP contribution < -0.4 is 9.47 Å². The molecule has 0 saturated heterocycles. The van der Waals surface area contributed by atoms with Crippen LogP contribution in [0.5, 0.6) is 11.5 Å². The minimum atomic E-state index is -4.10. The standard InChI is InChI=1S/C18H16F3IO2.C18H17F3O2/c19-18(20,21)13-4-6-14(7-5-13)24-16-8-3-12-2-1-11(10-23)9-15(12)17(16)22;19-18(20,21)15-4-7-16(8-5-15)23-17-6-3-13-2-1-12(11-22)9-14(13)10-17/h1-3,8-10,13-14H,4-7H2;1-3,6,9-11,15-16H,4-5,7-8H2. The van der Waals surface area contributed by atoms with Crippen LogP contribution in [0.3, 0.4) is 0 Å². The summed E-state index contributed by atoms with van der Waals surface area (Å²) in [4.78, 5) is 21.8. The number of ether oxygens (including phenoxy) is 2. The van der Waals surface area contributed by atoms with E-state index in [-0.39, 0.29) is 37.9 Å². The van der Waals surface area contributed by atoms with Crippen LogP contribution in [-0.2, 0) is 0 Å². The van der Waals surface area contributed by atoms with E-state index in [4.69, 9.17) is 9.47 Å². The van der Waals surface area contributed by atoms with Gasteiger partial charge < -0.3 is 9.47 Å². The number of fused-ring (bicyclic) bond motifs is 2. The van der Waals surface area contributed by atoms with Crippen molar-refractivity contribution in [3.8, 4) is 11.5 Å². The minimum absolute atomic E-state index is 0.119. The summed E-state index contributed by atoms with van der Waals surface area (Å²) in [7, 11) is 0. The molecule has 4 nitrogen and oxygen atoms in total. The fraction of sp³-hybridized carbons (Fsp3) is 0.389. The highest BCUT2D eigenvalue weighted by atomic mass is 127. The number of hydrogen-bond donors (Lipinski definition) is 0. The van der Waals surface area contributed by atoms with Crippen LogP contribution in [-0.4, -0.2) is 37.1 Å². The lowest BCUT2D eigenvalue weighted by atomic mass is 9.87. The van der Waals surface area contributed by atoms with E-state index in [0.29, 0.717) is 48.3 Å². The van der Waals surface area contributed by atoms with Crippen molar-refractivity contribution >= 4 is 56.7 Å². The molecule has 0 radical (unpaired) electrons. The highest BCUT2D eigenvalue weighted by Gasteiger charge is 2.42. The Kier molecular flexibility index (Phi) is 11.0. The van der Waals surface area contributed by atoms with E-state index >= 15 is 0 Å². The summed E-state index contributed by atoms with van der Waals surface area (Å²) in [5, 5.41) is 3.79. The fourth-order valence-corrected chi connectivity index (χ4v) is 7.00. The zero-order chi connectivity index (χ0) is 33.8. The Balaban J connectivity index is 0.000000185. The molecule has 2 saturated carbocycles. The third kappa shape index (κ3) is 8.97. The maximum Gasteiger partial charge on any atom is 0.391 e. The van der Waals surface area contributed by atoms with Crippen LogP contribution in [0.25, 0.3) is 21.5 Å². The maximum atomic E-state index is 12.7. The molecule has 0 amide bonds. The third-order valence-corrected chi connectivity index (χ3v) is 10.0. The second-order valence-electron chi connectivity index (χ2n) is 12.1. The van der Waals surface area contributed by atoms with Gasteiger partial charge in [-0.3, -0.25) is 9.59 Å². The zero-order valence-corrected chi connectivity index (χ0v) is 27.4. The van der Waals surface area contributed by atoms with Gasteiger partial charge in [0, 0.05) is 11.1 Å². The first kappa shape index (κ1) is 35.0. The molecule has 250 valence electrons. The van der Waals surface area contributed by atoms with Crippen LogP contribution in [0.4, 0.5) is 26.3 Å². The lowest BCUT2D eigenvalue weighted by molar-refractivity contribution is -0.186. The predicted molar refractivity (Wildman–Crippen MR) is 176 cm³/mol. The molecule has 6 rings (SSSR count). The molecular weight excluding hydrogens is 737 g/mol. The maximum absolute atomic E-state index is 12.7. The average Bonchev–Trinajstić information content (AvgIpc) is 3.05. The lowest BCUT2D eigenvalue weighted by Gasteiger charge is -2.30. The SMILES string of the molecule is O=Cc1ccc2ccc(OC3CCC(C(F)(F)F)CC3)c(I)c2c1.O=Cc1ccc2ccc(OC3CCC(C(F)(F)F)CC3)cc2c1. The van der Waals surface area contributed by atoms with Gasteiger partial charge in [0.25, 0.3) is 0 Å². The van der Waals surface area contributed by atoms with Crippen molar-refractivity contribution in [3.05, 3.63) is 81.4 Å². The van der Waals surface area contributed by atoms with Gasteiger partial charge in [-0.15, -0.1) is 0 Å². The summed E-state index contributed by atoms with van der Waals surface area (Å²) < 4.78 is 88.9. The van der Waals surface area contributed by atoms with Crippen LogP contribution >= 0.6 is 22.6 Å². The van der Waals surface area contributed by atoms with Gasteiger partial charge in [-0.1, -0.05) is 36.4 Å². The van der Waals surface area contributed by atoms with Crippen molar-refractivity contribution < 1.29 is 45.4 Å². The Morgan fingerprint density at radius 2 is 1.06 bits per heavy atom. The van der Waals surface area contributed by atoms with Gasteiger partial charge in [0.05, 0.1) is 27.6 Å². The van der Waals surface area contributed by atoms with E-state index in [9.17, 15) is 35.9 Å². The fourth-order valence-electron chi connectivity index (χ4n) is 6.22. The molecule has 0 atom stereocenters. The van der Waals surface area contributed by atoms with Gasteiger partial charge in [-0.25, -0.2) is 0 Å². The zero-order valence-electron chi connectivity index (χ0n) is 25.3. The van der Waals surface area contributed by atoms with Crippen LogP contribution in [0.15, 0.2) is 66.7 Å². The molecule has 0 aliphatic heterocycles. The summed E-state index contributed by atoms with van der Waals surface area (Å²) in [5.41, 5.74) is 1.17. The summed E-state index contributed by atoms with van der Waals surface area (Å²) >= 11 is 2.16. The smallest absolute Gasteiger partial charge is 0.391 e. The quantitative estimate of drug-likeness (QED) is 0.111. The Morgan fingerprint density at radius 1 is 0.574 bits per heavy atom. The topological polar surface area (TPSA) is 52.6 Å². The molecule has 0 spiro atoms. The first-order valence-electron chi connectivity index (χ1n) is 15.5. The Morgan fingerprint density at radius 3 is 1.62 bits per heavy atom. The number of alkyl halides is 6.